The zero-order chi connectivity index (χ0) is 21.1. The van der Waals surface area contributed by atoms with Crippen molar-refractivity contribution >= 4 is 29.0 Å². The van der Waals surface area contributed by atoms with Gasteiger partial charge in [0.05, 0.1) is 17.9 Å². The number of anilines is 3. The number of benzene rings is 1. The molecular formula is C22H29N5O2. The Morgan fingerprint density at radius 1 is 1.24 bits per heavy atom. The van der Waals surface area contributed by atoms with E-state index in [9.17, 15) is 9.59 Å². The molecule has 2 atom stereocenters. The Hall–Kier alpha value is -3.09. The van der Waals surface area contributed by atoms with Gasteiger partial charge >= 0.3 is 11.8 Å². The topological polar surface area (TPSA) is 91.6 Å². The molecule has 1 aliphatic rings. The lowest BCUT2D eigenvalue weighted by Crippen LogP contribution is -2.46. The third kappa shape index (κ3) is 4.67. The smallest absolute Gasteiger partial charge is 0.313 e. The van der Waals surface area contributed by atoms with Crippen LogP contribution in [0.1, 0.15) is 36.9 Å². The van der Waals surface area contributed by atoms with Crippen molar-refractivity contribution < 1.29 is 9.59 Å². The highest BCUT2D eigenvalue weighted by molar-refractivity contribution is 6.39. The van der Waals surface area contributed by atoms with Crippen LogP contribution >= 0.6 is 0 Å². The van der Waals surface area contributed by atoms with Crippen molar-refractivity contribution in [1.29, 1.82) is 0 Å². The maximum atomic E-state index is 13.1. The van der Waals surface area contributed by atoms with Crippen LogP contribution in [0.15, 0.2) is 36.5 Å². The fourth-order valence-electron chi connectivity index (χ4n) is 3.70. The summed E-state index contributed by atoms with van der Waals surface area (Å²) in [5.74, 6) is -0.425. The summed E-state index contributed by atoms with van der Waals surface area (Å²) in [5, 5.41) is 2.67. The maximum absolute atomic E-state index is 13.1. The van der Waals surface area contributed by atoms with Gasteiger partial charge in [0.2, 0.25) is 0 Å². The van der Waals surface area contributed by atoms with Crippen molar-refractivity contribution in [2.75, 3.05) is 36.6 Å². The highest BCUT2D eigenvalue weighted by Gasteiger charge is 2.34. The lowest BCUT2D eigenvalue weighted by Gasteiger charge is -2.38. The maximum Gasteiger partial charge on any atom is 0.313 e. The van der Waals surface area contributed by atoms with Crippen LogP contribution in [0, 0.1) is 12.8 Å². The molecule has 0 spiro atoms. The Labute approximate surface area is 171 Å². The minimum atomic E-state index is -0.654. The molecule has 1 fully saturated rings. The van der Waals surface area contributed by atoms with E-state index < -0.39 is 11.8 Å². The number of hydrogen-bond donors (Lipinski definition) is 2. The molecule has 1 aromatic carbocycles. The summed E-state index contributed by atoms with van der Waals surface area (Å²) in [6.07, 6.45) is 3.31. The van der Waals surface area contributed by atoms with Gasteiger partial charge in [-0.25, -0.2) is 4.98 Å². The Morgan fingerprint density at radius 3 is 2.69 bits per heavy atom. The van der Waals surface area contributed by atoms with E-state index in [4.69, 9.17) is 5.73 Å². The fraction of sp³-hybridized carbons (Fsp3) is 0.409. The Bertz CT molecular complexity index is 912. The molecular weight excluding hydrogens is 366 g/mol. The van der Waals surface area contributed by atoms with E-state index in [2.05, 4.69) is 23.3 Å². The predicted octanol–water partition coefficient (Wildman–Crippen LogP) is 2.98. The summed E-state index contributed by atoms with van der Waals surface area (Å²) in [6.45, 7) is 4.47. The molecule has 154 valence electrons. The molecule has 1 aromatic heterocycles. The number of rotatable bonds is 3. The zero-order valence-electron chi connectivity index (χ0n) is 17.5. The van der Waals surface area contributed by atoms with Crippen molar-refractivity contribution in [2.45, 2.75) is 32.7 Å². The van der Waals surface area contributed by atoms with E-state index >= 15 is 0 Å². The van der Waals surface area contributed by atoms with E-state index in [1.165, 1.54) is 6.20 Å². The number of aryl methyl sites for hydroxylation is 1. The number of likely N-dealkylation sites (tertiary alicyclic amines) is 1. The van der Waals surface area contributed by atoms with Crippen LogP contribution in [0.25, 0.3) is 0 Å². The predicted molar refractivity (Wildman–Crippen MR) is 116 cm³/mol. The first-order chi connectivity index (χ1) is 13.8. The summed E-state index contributed by atoms with van der Waals surface area (Å²) in [4.78, 5) is 33.5. The molecule has 7 nitrogen and oxygen atoms in total. The quantitative estimate of drug-likeness (QED) is 0.780. The van der Waals surface area contributed by atoms with Crippen LogP contribution in [-0.2, 0) is 9.59 Å². The summed E-state index contributed by atoms with van der Waals surface area (Å²) < 4.78 is 0. The number of carbonyl (C=O) groups excluding carboxylic acids is 2. The van der Waals surface area contributed by atoms with E-state index in [0.29, 0.717) is 24.0 Å². The number of amides is 2. The SMILES string of the molecule is Cc1cc(NC(=O)C(=O)N2C[C@H](C)CC[C@H]2c2cccc(N(C)C)c2)cnc1N. The first-order valence-electron chi connectivity index (χ1n) is 9.87. The van der Waals surface area contributed by atoms with Gasteiger partial charge in [-0.2, -0.15) is 0 Å². The molecule has 0 aliphatic carbocycles. The number of nitrogen functional groups attached to an aromatic ring is 1. The van der Waals surface area contributed by atoms with E-state index in [0.717, 1.165) is 29.7 Å². The van der Waals surface area contributed by atoms with E-state index in [1.54, 1.807) is 17.9 Å². The highest BCUT2D eigenvalue weighted by atomic mass is 16.2. The second-order valence-electron chi connectivity index (χ2n) is 8.03. The molecule has 1 aliphatic heterocycles. The molecule has 3 rings (SSSR count). The van der Waals surface area contributed by atoms with Gasteiger partial charge in [0.1, 0.15) is 5.82 Å². The van der Waals surface area contributed by atoms with Crippen LogP contribution in [0.5, 0.6) is 0 Å². The second-order valence-corrected chi connectivity index (χ2v) is 8.03. The summed E-state index contributed by atoms with van der Waals surface area (Å²) in [6, 6.07) is 9.74. The monoisotopic (exact) mass is 395 g/mol. The summed E-state index contributed by atoms with van der Waals surface area (Å²) in [7, 11) is 3.97. The Kier molecular flexibility index (Phi) is 6.06. The lowest BCUT2D eigenvalue weighted by atomic mass is 9.89. The third-order valence-electron chi connectivity index (χ3n) is 5.42. The van der Waals surface area contributed by atoms with Crippen molar-refractivity contribution in [3.05, 3.63) is 47.7 Å². The van der Waals surface area contributed by atoms with Gasteiger partial charge in [-0.05, 0) is 55.0 Å². The molecule has 0 saturated carbocycles. The van der Waals surface area contributed by atoms with Gasteiger partial charge in [-0.3, -0.25) is 9.59 Å². The number of nitrogens with zero attached hydrogens (tertiary/aromatic N) is 3. The van der Waals surface area contributed by atoms with Crippen LogP contribution in [0.3, 0.4) is 0 Å². The number of aromatic nitrogens is 1. The number of hydrogen-bond acceptors (Lipinski definition) is 5. The van der Waals surface area contributed by atoms with Gasteiger partial charge < -0.3 is 20.9 Å². The second kappa shape index (κ2) is 8.51. The standard InChI is InChI=1S/C22H29N5O2/c1-14-8-9-19(16-6-5-7-18(11-16)26(3)4)27(13-14)22(29)21(28)25-17-10-15(2)20(23)24-12-17/h5-7,10-12,14,19H,8-9,13H2,1-4H3,(H2,23,24)(H,25,28)/t14-,19+/m1/s1. The molecule has 29 heavy (non-hydrogen) atoms. The van der Waals surface area contributed by atoms with Crippen LogP contribution < -0.4 is 16.0 Å². The first kappa shape index (κ1) is 20.6. The molecule has 0 radical (unpaired) electrons. The molecule has 7 heteroatoms. The van der Waals surface area contributed by atoms with Crippen molar-refractivity contribution in [3.63, 3.8) is 0 Å². The van der Waals surface area contributed by atoms with Gasteiger partial charge in [0.25, 0.3) is 0 Å². The van der Waals surface area contributed by atoms with Gasteiger partial charge in [-0.15, -0.1) is 0 Å². The molecule has 2 heterocycles. The first-order valence-corrected chi connectivity index (χ1v) is 9.87. The van der Waals surface area contributed by atoms with Crippen molar-refractivity contribution in [1.82, 2.24) is 9.88 Å². The van der Waals surface area contributed by atoms with Crippen molar-refractivity contribution in [2.24, 2.45) is 5.92 Å². The Morgan fingerprint density at radius 2 is 2.00 bits per heavy atom. The van der Waals surface area contributed by atoms with Crippen molar-refractivity contribution in [3.8, 4) is 0 Å². The van der Waals surface area contributed by atoms with Crippen LogP contribution in [-0.4, -0.2) is 42.3 Å². The lowest BCUT2D eigenvalue weighted by molar-refractivity contribution is -0.146. The average molecular weight is 396 g/mol. The highest BCUT2D eigenvalue weighted by Crippen LogP contribution is 2.34. The number of piperidine rings is 1. The number of nitrogens with one attached hydrogen (secondary N) is 1. The zero-order valence-corrected chi connectivity index (χ0v) is 17.5. The van der Waals surface area contributed by atoms with Crippen LogP contribution in [0.2, 0.25) is 0 Å². The molecule has 1 saturated heterocycles. The average Bonchev–Trinajstić information content (AvgIpc) is 2.70. The Balaban J connectivity index is 1.82. The minimum Gasteiger partial charge on any atom is -0.383 e. The molecule has 3 N–H and O–H groups in total. The molecule has 0 bridgehead atoms. The minimum absolute atomic E-state index is 0.115. The fourth-order valence-corrected chi connectivity index (χ4v) is 3.70. The van der Waals surface area contributed by atoms with Gasteiger partial charge in [-0.1, -0.05) is 19.1 Å². The third-order valence-corrected chi connectivity index (χ3v) is 5.42. The largest absolute Gasteiger partial charge is 0.383 e. The number of nitrogens with two attached hydrogens (primary N) is 1. The molecule has 2 aromatic rings. The molecule has 2 amide bonds. The summed E-state index contributed by atoms with van der Waals surface area (Å²) in [5.41, 5.74) is 9.06. The number of carbonyl (C=O) groups is 2. The van der Waals surface area contributed by atoms with Crippen LogP contribution in [0.4, 0.5) is 17.2 Å². The molecule has 0 unspecified atom stereocenters. The summed E-state index contributed by atoms with van der Waals surface area (Å²) >= 11 is 0. The number of pyridine rings is 1. The van der Waals surface area contributed by atoms with Gasteiger partial charge in [0.15, 0.2) is 0 Å². The van der Waals surface area contributed by atoms with Gasteiger partial charge in [0, 0.05) is 26.3 Å². The normalized spacial score (nSPS) is 19.0. The van der Waals surface area contributed by atoms with E-state index in [1.807, 2.05) is 37.2 Å². The van der Waals surface area contributed by atoms with E-state index in [-0.39, 0.29) is 6.04 Å².